The summed E-state index contributed by atoms with van der Waals surface area (Å²) in [5.74, 6) is -0.462. The van der Waals surface area contributed by atoms with Crippen molar-refractivity contribution in [3.8, 4) is 5.75 Å². The van der Waals surface area contributed by atoms with Gasteiger partial charge in [-0.3, -0.25) is 24.3 Å². The van der Waals surface area contributed by atoms with Gasteiger partial charge in [0.1, 0.15) is 17.6 Å². The second kappa shape index (κ2) is 13.9. The fourth-order valence-corrected chi connectivity index (χ4v) is 5.99. The quantitative estimate of drug-likeness (QED) is 0.206. The predicted molar refractivity (Wildman–Crippen MR) is 159 cm³/mol. The van der Waals surface area contributed by atoms with E-state index in [0.717, 1.165) is 12.1 Å². The van der Waals surface area contributed by atoms with Gasteiger partial charge in [-0.25, -0.2) is 4.39 Å². The molecule has 2 aliphatic rings. The SMILES string of the molecule is COc1ccc(C(=O)C2CCN(C(=O)c3ccc(C(=O)CC4CCN(Cc5ccc(C(F)(F)F)cc5)C[C@H]4F)cn3)CC2)cc1. The van der Waals surface area contributed by atoms with Gasteiger partial charge >= 0.3 is 6.18 Å². The first kappa shape index (κ1) is 32.3. The minimum atomic E-state index is -4.40. The molecule has 0 spiro atoms. The van der Waals surface area contributed by atoms with Gasteiger partial charge in [-0.1, -0.05) is 12.1 Å². The molecular formula is C34H35F4N3O4. The number of hydrogen-bond acceptors (Lipinski definition) is 6. The van der Waals surface area contributed by atoms with Gasteiger partial charge in [0.25, 0.3) is 5.91 Å². The molecule has 0 radical (unpaired) electrons. The molecule has 0 N–H and O–H groups in total. The molecule has 238 valence electrons. The van der Waals surface area contributed by atoms with E-state index in [0.29, 0.717) is 67.9 Å². The van der Waals surface area contributed by atoms with Crippen LogP contribution >= 0.6 is 0 Å². The lowest BCUT2D eigenvalue weighted by atomic mass is 9.88. The van der Waals surface area contributed by atoms with Crippen molar-refractivity contribution in [2.45, 2.75) is 44.6 Å². The van der Waals surface area contributed by atoms with E-state index in [-0.39, 0.29) is 42.1 Å². The number of likely N-dealkylation sites (tertiary alicyclic amines) is 2. The number of nitrogens with zero attached hydrogens (tertiary/aromatic N) is 3. The zero-order valence-corrected chi connectivity index (χ0v) is 24.9. The molecule has 3 aromatic rings. The zero-order valence-electron chi connectivity index (χ0n) is 24.9. The van der Waals surface area contributed by atoms with E-state index in [1.165, 1.54) is 30.5 Å². The van der Waals surface area contributed by atoms with Crippen LogP contribution in [0.25, 0.3) is 0 Å². The van der Waals surface area contributed by atoms with Crippen LogP contribution in [0.15, 0.2) is 66.9 Å². The maximum absolute atomic E-state index is 15.0. The van der Waals surface area contributed by atoms with Gasteiger partial charge in [-0.15, -0.1) is 0 Å². The summed E-state index contributed by atoms with van der Waals surface area (Å²) in [6, 6.07) is 14.9. The fraction of sp³-hybridized carbons (Fsp3) is 0.412. The highest BCUT2D eigenvalue weighted by Gasteiger charge is 2.33. The van der Waals surface area contributed by atoms with Crippen LogP contribution in [0.2, 0.25) is 0 Å². The molecule has 1 unspecified atom stereocenters. The number of methoxy groups -OCH3 is 1. The lowest BCUT2D eigenvalue weighted by Gasteiger charge is -2.34. The molecule has 0 bridgehead atoms. The van der Waals surface area contributed by atoms with Crippen molar-refractivity contribution in [3.63, 3.8) is 0 Å². The smallest absolute Gasteiger partial charge is 0.416 e. The van der Waals surface area contributed by atoms with Crippen molar-refractivity contribution in [1.82, 2.24) is 14.8 Å². The molecule has 2 aromatic carbocycles. The first-order chi connectivity index (χ1) is 21.5. The topological polar surface area (TPSA) is 79.8 Å². The number of benzene rings is 2. The Kier molecular flexibility index (Phi) is 9.96. The van der Waals surface area contributed by atoms with E-state index in [1.807, 2.05) is 4.90 Å². The number of carbonyl (C=O) groups is 3. The third kappa shape index (κ3) is 7.94. The van der Waals surface area contributed by atoms with E-state index in [4.69, 9.17) is 4.74 Å². The third-order valence-electron chi connectivity index (χ3n) is 8.73. The van der Waals surface area contributed by atoms with E-state index < -0.39 is 23.8 Å². The summed E-state index contributed by atoms with van der Waals surface area (Å²) in [7, 11) is 1.57. The van der Waals surface area contributed by atoms with Crippen molar-refractivity contribution in [2.75, 3.05) is 33.3 Å². The first-order valence-electron chi connectivity index (χ1n) is 15.0. The van der Waals surface area contributed by atoms with E-state index in [2.05, 4.69) is 4.98 Å². The monoisotopic (exact) mass is 625 g/mol. The van der Waals surface area contributed by atoms with E-state index in [9.17, 15) is 27.6 Å². The number of amides is 1. The Morgan fingerprint density at radius 2 is 1.56 bits per heavy atom. The number of halogens is 4. The highest BCUT2D eigenvalue weighted by molar-refractivity contribution is 5.99. The largest absolute Gasteiger partial charge is 0.497 e. The van der Waals surface area contributed by atoms with Crippen molar-refractivity contribution in [3.05, 3.63) is 94.8 Å². The van der Waals surface area contributed by atoms with Gasteiger partial charge in [-0.2, -0.15) is 13.2 Å². The van der Waals surface area contributed by atoms with Gasteiger partial charge in [0.15, 0.2) is 11.6 Å². The van der Waals surface area contributed by atoms with Gasteiger partial charge in [0, 0.05) is 55.8 Å². The first-order valence-corrected chi connectivity index (χ1v) is 15.0. The Balaban J connectivity index is 1.08. The molecule has 45 heavy (non-hydrogen) atoms. The number of ketones is 2. The lowest BCUT2D eigenvalue weighted by molar-refractivity contribution is -0.137. The van der Waals surface area contributed by atoms with Crippen LogP contribution in [-0.4, -0.2) is 71.7 Å². The Bertz CT molecular complexity index is 1490. The number of pyridine rings is 1. The van der Waals surface area contributed by atoms with Crippen LogP contribution < -0.4 is 4.74 Å². The van der Waals surface area contributed by atoms with Crippen molar-refractivity contribution >= 4 is 17.5 Å². The Morgan fingerprint density at radius 1 is 0.889 bits per heavy atom. The summed E-state index contributed by atoms with van der Waals surface area (Å²) in [6.07, 6.45) is -2.79. The van der Waals surface area contributed by atoms with Crippen LogP contribution in [0.4, 0.5) is 17.6 Å². The molecule has 5 rings (SSSR count). The van der Waals surface area contributed by atoms with Crippen LogP contribution in [0.1, 0.15) is 68.0 Å². The maximum atomic E-state index is 15.0. The number of alkyl halides is 4. The summed E-state index contributed by atoms with van der Waals surface area (Å²) >= 11 is 0. The van der Waals surface area contributed by atoms with Gasteiger partial charge in [0.05, 0.1) is 12.7 Å². The molecule has 2 saturated heterocycles. The van der Waals surface area contributed by atoms with Gasteiger partial charge in [-0.05, 0) is 85.8 Å². The van der Waals surface area contributed by atoms with Crippen molar-refractivity contribution in [2.24, 2.45) is 11.8 Å². The Labute approximate surface area is 259 Å². The number of piperidine rings is 2. The highest BCUT2D eigenvalue weighted by Crippen LogP contribution is 2.30. The van der Waals surface area contributed by atoms with Crippen LogP contribution in [0.3, 0.4) is 0 Å². The molecule has 7 nitrogen and oxygen atoms in total. The average molecular weight is 626 g/mol. The number of Topliss-reactive ketones (excluding diaryl/α,β-unsaturated/α-hetero) is 2. The lowest BCUT2D eigenvalue weighted by Crippen LogP contribution is -2.42. The maximum Gasteiger partial charge on any atom is 0.416 e. The molecule has 11 heteroatoms. The molecule has 2 aliphatic heterocycles. The van der Waals surface area contributed by atoms with E-state index in [1.54, 1.807) is 36.3 Å². The Hall–Kier alpha value is -4.12. The molecule has 3 heterocycles. The summed E-state index contributed by atoms with van der Waals surface area (Å²) < 4.78 is 58.6. The number of rotatable bonds is 9. The van der Waals surface area contributed by atoms with Crippen molar-refractivity contribution < 1.29 is 36.7 Å². The Morgan fingerprint density at radius 3 is 2.13 bits per heavy atom. The summed E-state index contributed by atoms with van der Waals surface area (Å²) in [5.41, 5.74) is 1.06. The van der Waals surface area contributed by atoms with Crippen LogP contribution in [0.5, 0.6) is 5.75 Å². The second-order valence-electron chi connectivity index (χ2n) is 11.7. The molecule has 1 amide bonds. The van der Waals surface area contributed by atoms with Crippen molar-refractivity contribution in [1.29, 1.82) is 0 Å². The molecule has 0 aliphatic carbocycles. The number of hydrogen-bond donors (Lipinski definition) is 0. The van der Waals surface area contributed by atoms with E-state index >= 15 is 4.39 Å². The fourth-order valence-electron chi connectivity index (χ4n) is 5.99. The van der Waals surface area contributed by atoms with Gasteiger partial charge in [0.2, 0.25) is 0 Å². The average Bonchev–Trinajstić information content (AvgIpc) is 3.05. The number of aromatic nitrogens is 1. The van der Waals surface area contributed by atoms with Crippen LogP contribution in [0, 0.1) is 11.8 Å². The summed E-state index contributed by atoms with van der Waals surface area (Å²) in [4.78, 5) is 46.6. The summed E-state index contributed by atoms with van der Waals surface area (Å²) in [6.45, 7) is 1.78. The molecule has 0 saturated carbocycles. The van der Waals surface area contributed by atoms with Crippen LogP contribution in [-0.2, 0) is 12.7 Å². The molecule has 2 fully saturated rings. The predicted octanol–water partition coefficient (Wildman–Crippen LogP) is 6.28. The molecule has 2 atom stereocenters. The minimum Gasteiger partial charge on any atom is -0.497 e. The minimum absolute atomic E-state index is 0.00000308. The number of ether oxygens (including phenoxy) is 1. The molecule has 1 aromatic heterocycles. The summed E-state index contributed by atoms with van der Waals surface area (Å²) in [5, 5.41) is 0. The number of carbonyl (C=O) groups excluding carboxylic acids is 3. The third-order valence-corrected chi connectivity index (χ3v) is 8.73. The van der Waals surface area contributed by atoms with Gasteiger partial charge < -0.3 is 9.64 Å². The second-order valence-corrected chi connectivity index (χ2v) is 11.7. The highest BCUT2D eigenvalue weighted by atomic mass is 19.4. The normalized spacial score (nSPS) is 19.7. The zero-order chi connectivity index (χ0) is 32.1. The standard InChI is InChI=1S/C34H35F4N3O4/c1-45-28-9-4-23(5-10-28)32(43)24-13-16-41(17-14-24)33(44)30-11-6-26(19-39-30)31(42)18-25-12-15-40(21-29(25)35)20-22-2-7-27(8-3-22)34(36,37)38/h2-11,19,24-25,29H,12-18,20-21H2,1H3/t25?,29-/m1/s1. The molecular weight excluding hydrogens is 590 g/mol.